The first-order valence-electron chi connectivity index (χ1n) is 8.95. The number of carbonyl (C=O) groups is 2. The van der Waals surface area contributed by atoms with Gasteiger partial charge in [0.15, 0.2) is 0 Å². The van der Waals surface area contributed by atoms with Crippen molar-refractivity contribution in [3.05, 3.63) is 93.1 Å². The molecule has 2 aromatic carbocycles. The van der Waals surface area contributed by atoms with Crippen molar-refractivity contribution in [1.29, 1.82) is 0 Å². The average Bonchev–Trinajstić information content (AvgIpc) is 3.40. The van der Waals surface area contributed by atoms with Gasteiger partial charge in [-0.2, -0.15) is 5.10 Å². The lowest BCUT2D eigenvalue weighted by molar-refractivity contribution is -0.384. The molecule has 10 heteroatoms. The number of aromatic nitrogens is 1. The van der Waals surface area contributed by atoms with Gasteiger partial charge in [0.1, 0.15) is 0 Å². The third-order valence-corrected chi connectivity index (χ3v) is 5.58. The highest BCUT2D eigenvalue weighted by Gasteiger charge is 2.13. The van der Waals surface area contributed by atoms with Gasteiger partial charge in [0.25, 0.3) is 11.6 Å². The van der Waals surface area contributed by atoms with Crippen molar-refractivity contribution >= 4 is 45.2 Å². The smallest absolute Gasteiger partial charge is 0.335 e. The zero-order valence-corrected chi connectivity index (χ0v) is 16.6. The summed E-state index contributed by atoms with van der Waals surface area (Å²) in [6.45, 7) is 0. The normalized spacial score (nSPS) is 11.1. The molecular weight excluding hydrogens is 420 g/mol. The number of non-ortho nitro benzene ring substituents is 1. The Balaban J connectivity index is 1.48. The molecule has 31 heavy (non-hydrogen) atoms. The van der Waals surface area contributed by atoms with Crippen LogP contribution in [0, 0.1) is 10.1 Å². The Bertz CT molecular complexity index is 1340. The highest BCUT2D eigenvalue weighted by molar-refractivity contribution is 7.20. The van der Waals surface area contributed by atoms with Gasteiger partial charge in [-0.1, -0.05) is 0 Å². The van der Waals surface area contributed by atoms with E-state index in [1.54, 1.807) is 47.2 Å². The number of hydrazone groups is 1. The number of thiophene rings is 1. The van der Waals surface area contributed by atoms with E-state index in [-0.39, 0.29) is 11.3 Å². The largest absolute Gasteiger partial charge is 0.478 e. The summed E-state index contributed by atoms with van der Waals surface area (Å²) in [4.78, 5) is 34.2. The number of hydrogen-bond acceptors (Lipinski definition) is 6. The molecule has 1 amide bonds. The molecule has 0 atom stereocenters. The van der Waals surface area contributed by atoms with E-state index in [1.807, 2.05) is 0 Å². The number of nitro groups is 1. The number of rotatable bonds is 6. The van der Waals surface area contributed by atoms with Gasteiger partial charge >= 0.3 is 5.97 Å². The number of fused-ring (bicyclic) bond motifs is 1. The summed E-state index contributed by atoms with van der Waals surface area (Å²) in [6, 6.07) is 16.0. The molecule has 0 radical (unpaired) electrons. The van der Waals surface area contributed by atoms with Crippen molar-refractivity contribution in [2.75, 3.05) is 0 Å². The number of nitrogens with zero attached hydrogens (tertiary/aromatic N) is 3. The van der Waals surface area contributed by atoms with Gasteiger partial charge in [0.2, 0.25) is 0 Å². The van der Waals surface area contributed by atoms with Crippen molar-refractivity contribution in [3.63, 3.8) is 0 Å². The van der Waals surface area contributed by atoms with E-state index in [9.17, 15) is 19.7 Å². The van der Waals surface area contributed by atoms with Gasteiger partial charge in [-0.25, -0.2) is 10.2 Å². The molecule has 4 aromatic rings. The fourth-order valence-corrected chi connectivity index (χ4v) is 3.90. The molecule has 0 unspecified atom stereocenters. The average molecular weight is 434 g/mol. The van der Waals surface area contributed by atoms with Crippen molar-refractivity contribution < 1.29 is 19.6 Å². The SMILES string of the molecule is O=C(O)c1ccc(-n2cccc2/C=N\NC(=O)c2cc3cc([N+](=O)[O-])ccc3s2)cc1. The lowest BCUT2D eigenvalue weighted by atomic mass is 10.2. The monoisotopic (exact) mass is 434 g/mol. The Morgan fingerprint density at radius 2 is 1.90 bits per heavy atom. The first kappa shape index (κ1) is 20.0. The van der Waals surface area contributed by atoms with Gasteiger partial charge < -0.3 is 9.67 Å². The maximum absolute atomic E-state index is 12.4. The van der Waals surface area contributed by atoms with E-state index in [0.717, 1.165) is 10.4 Å². The molecule has 2 heterocycles. The fourth-order valence-electron chi connectivity index (χ4n) is 2.97. The molecule has 0 spiro atoms. The number of nitro benzene ring substituents is 1. The summed E-state index contributed by atoms with van der Waals surface area (Å²) >= 11 is 1.22. The van der Waals surface area contributed by atoms with E-state index in [1.165, 1.54) is 41.8 Å². The third-order valence-electron chi connectivity index (χ3n) is 4.47. The summed E-state index contributed by atoms with van der Waals surface area (Å²) in [5.74, 6) is -1.43. The molecule has 0 fully saturated rings. The van der Waals surface area contributed by atoms with E-state index >= 15 is 0 Å². The minimum absolute atomic E-state index is 0.0348. The van der Waals surface area contributed by atoms with Crippen molar-refractivity contribution in [1.82, 2.24) is 9.99 Å². The summed E-state index contributed by atoms with van der Waals surface area (Å²) < 4.78 is 2.55. The lowest BCUT2D eigenvalue weighted by Gasteiger charge is -2.06. The number of benzene rings is 2. The minimum atomic E-state index is -1.00. The van der Waals surface area contributed by atoms with Crippen molar-refractivity contribution in [2.24, 2.45) is 5.10 Å². The number of nitrogens with one attached hydrogen (secondary N) is 1. The van der Waals surface area contributed by atoms with E-state index < -0.39 is 16.8 Å². The maximum Gasteiger partial charge on any atom is 0.335 e. The Labute approximate surface area is 179 Å². The second kappa shape index (κ2) is 8.20. The quantitative estimate of drug-likeness (QED) is 0.269. The zero-order chi connectivity index (χ0) is 22.0. The topological polar surface area (TPSA) is 127 Å². The summed E-state index contributed by atoms with van der Waals surface area (Å²) in [7, 11) is 0. The molecule has 2 N–H and O–H groups in total. The Kier molecular flexibility index (Phi) is 5.29. The minimum Gasteiger partial charge on any atom is -0.478 e. The summed E-state index contributed by atoms with van der Waals surface area (Å²) in [5.41, 5.74) is 4.03. The van der Waals surface area contributed by atoms with Gasteiger partial charge in [0.05, 0.1) is 27.3 Å². The molecule has 0 aliphatic rings. The van der Waals surface area contributed by atoms with E-state index in [2.05, 4.69) is 10.5 Å². The molecule has 4 rings (SSSR count). The molecule has 0 aliphatic carbocycles. The van der Waals surface area contributed by atoms with Crippen LogP contribution in [0.15, 0.2) is 72.0 Å². The van der Waals surface area contributed by atoms with E-state index in [0.29, 0.717) is 16.0 Å². The fraction of sp³-hybridized carbons (Fsp3) is 0. The Hall–Kier alpha value is -4.31. The van der Waals surface area contributed by atoms with Crippen LogP contribution in [0.25, 0.3) is 15.8 Å². The van der Waals surface area contributed by atoms with Crippen LogP contribution >= 0.6 is 11.3 Å². The predicted molar refractivity (Wildman–Crippen MR) is 116 cm³/mol. The second-order valence-electron chi connectivity index (χ2n) is 6.44. The van der Waals surface area contributed by atoms with Crippen LogP contribution in [-0.4, -0.2) is 32.7 Å². The van der Waals surface area contributed by atoms with Gasteiger partial charge in [-0.15, -0.1) is 11.3 Å². The lowest BCUT2D eigenvalue weighted by Crippen LogP contribution is -2.16. The number of hydrogen-bond donors (Lipinski definition) is 2. The van der Waals surface area contributed by atoms with Crippen LogP contribution < -0.4 is 5.43 Å². The van der Waals surface area contributed by atoms with Crippen LogP contribution in [-0.2, 0) is 0 Å². The number of amides is 1. The second-order valence-corrected chi connectivity index (χ2v) is 7.53. The van der Waals surface area contributed by atoms with Crippen LogP contribution in [0.3, 0.4) is 0 Å². The van der Waals surface area contributed by atoms with Crippen molar-refractivity contribution in [2.45, 2.75) is 0 Å². The van der Waals surface area contributed by atoms with Crippen LogP contribution in [0.2, 0.25) is 0 Å². The standard InChI is InChI=1S/C21H14N4O5S/c26-20(19-11-14-10-16(25(29)30)7-8-18(14)31-19)23-22-12-17-2-1-9-24(17)15-5-3-13(4-6-15)21(27)28/h1-12H,(H,23,26)(H,27,28)/b22-12-. The Morgan fingerprint density at radius 1 is 1.13 bits per heavy atom. The molecule has 0 aliphatic heterocycles. The van der Waals surface area contributed by atoms with Gasteiger partial charge in [-0.3, -0.25) is 14.9 Å². The molecule has 0 saturated heterocycles. The maximum atomic E-state index is 12.4. The molecular formula is C21H14N4O5S. The highest BCUT2D eigenvalue weighted by Crippen LogP contribution is 2.28. The highest BCUT2D eigenvalue weighted by atomic mass is 32.1. The zero-order valence-electron chi connectivity index (χ0n) is 15.8. The van der Waals surface area contributed by atoms with Crippen LogP contribution in [0.1, 0.15) is 25.7 Å². The molecule has 0 saturated carbocycles. The number of aromatic carboxylic acids is 1. The summed E-state index contributed by atoms with van der Waals surface area (Å²) in [5, 5.41) is 24.5. The third kappa shape index (κ3) is 4.19. The van der Waals surface area contributed by atoms with Crippen LogP contribution in [0.4, 0.5) is 5.69 Å². The first-order chi connectivity index (χ1) is 14.9. The van der Waals surface area contributed by atoms with Gasteiger partial charge in [0, 0.05) is 34.1 Å². The van der Waals surface area contributed by atoms with Crippen molar-refractivity contribution in [3.8, 4) is 5.69 Å². The number of carboxylic acids is 1. The molecule has 0 bridgehead atoms. The molecule has 9 nitrogen and oxygen atoms in total. The Morgan fingerprint density at radius 3 is 2.61 bits per heavy atom. The van der Waals surface area contributed by atoms with Gasteiger partial charge in [-0.05, 0) is 48.5 Å². The molecule has 2 aromatic heterocycles. The van der Waals surface area contributed by atoms with Crippen LogP contribution in [0.5, 0.6) is 0 Å². The summed E-state index contributed by atoms with van der Waals surface area (Å²) in [6.07, 6.45) is 3.26. The number of carbonyl (C=O) groups excluding carboxylic acids is 1. The first-order valence-corrected chi connectivity index (χ1v) is 9.76. The molecule has 154 valence electrons. The van der Waals surface area contributed by atoms with E-state index in [4.69, 9.17) is 5.11 Å². The predicted octanol–water partition coefficient (Wildman–Crippen LogP) is 4.06. The number of carboxylic acid groups (broad SMARTS) is 1.